The lowest BCUT2D eigenvalue weighted by Gasteiger charge is -2.44. The Morgan fingerprint density at radius 2 is 1.60 bits per heavy atom. The summed E-state index contributed by atoms with van der Waals surface area (Å²) in [6.45, 7) is 9.72. The Morgan fingerprint density at radius 1 is 0.900 bits per heavy atom. The predicted octanol–water partition coefficient (Wildman–Crippen LogP) is 1.85. The van der Waals surface area contributed by atoms with Crippen LogP contribution >= 0.6 is 0 Å². The first kappa shape index (κ1) is 35.3. The fraction of sp³-hybridized carbons (Fsp3) is 0.594. The Balaban J connectivity index is 1.26. The van der Waals surface area contributed by atoms with Crippen molar-refractivity contribution in [3.8, 4) is 0 Å². The summed E-state index contributed by atoms with van der Waals surface area (Å²) in [7, 11) is 0. The van der Waals surface area contributed by atoms with E-state index in [1.807, 2.05) is 25.1 Å². The van der Waals surface area contributed by atoms with Gasteiger partial charge in [-0.3, -0.25) is 19.2 Å². The fourth-order valence-corrected chi connectivity index (χ4v) is 6.26. The molecule has 0 radical (unpaired) electrons. The topological polar surface area (TPSA) is 211 Å². The maximum atomic E-state index is 12.3. The van der Waals surface area contributed by atoms with Gasteiger partial charge in [0.1, 0.15) is 42.5 Å². The highest BCUT2D eigenvalue weighted by Crippen LogP contribution is 2.44. The maximum Gasteiger partial charge on any atom is 0.303 e. The average Bonchev–Trinajstić information content (AvgIpc) is 3.78. The summed E-state index contributed by atoms with van der Waals surface area (Å²) >= 11 is 0. The predicted molar refractivity (Wildman–Crippen MR) is 164 cm³/mol. The molecule has 3 aromatic rings. The number of aryl methyl sites for hydroxylation is 1. The van der Waals surface area contributed by atoms with Crippen LogP contribution in [0.4, 0.5) is 0 Å². The summed E-state index contributed by atoms with van der Waals surface area (Å²) in [5, 5.41) is 8.41. The molecule has 0 saturated carbocycles. The van der Waals surface area contributed by atoms with Crippen molar-refractivity contribution >= 4 is 34.9 Å². The standard InChI is InChI=1S/C32H39N5O13/c1-14-8-9-20-21(10-14)34-29(33-20)26-24(28-31(48-26)50-32(6,7)49-28)43-12-19-11-37(36-35-19)30-27(46-18(5)41)25(45-17(4)40)23(44-16(3)39)22(47-30)13-42-15(2)38/h8-11,22-28,30-31H,12-13H2,1-7H3,(H,33,34)/t22-,23-,24+,25+,26+,27-,28-,30-,31-/m1/s1. The second-order valence-electron chi connectivity index (χ2n) is 12.7. The first-order chi connectivity index (χ1) is 23.7. The highest BCUT2D eigenvalue weighted by atomic mass is 16.8. The van der Waals surface area contributed by atoms with E-state index in [1.165, 1.54) is 17.8 Å². The number of rotatable bonds is 10. The van der Waals surface area contributed by atoms with Gasteiger partial charge in [-0.15, -0.1) is 5.10 Å². The Morgan fingerprint density at radius 3 is 2.30 bits per heavy atom. The number of nitrogens with zero attached hydrogens (tertiary/aromatic N) is 4. The lowest BCUT2D eigenvalue weighted by molar-refractivity contribution is -0.270. The van der Waals surface area contributed by atoms with E-state index in [4.69, 9.17) is 47.6 Å². The van der Waals surface area contributed by atoms with Crippen molar-refractivity contribution in [2.45, 2.75) is 116 Å². The van der Waals surface area contributed by atoms with Gasteiger partial charge in [0.2, 0.25) is 0 Å². The smallest absolute Gasteiger partial charge is 0.303 e. The average molecular weight is 702 g/mol. The number of hydrogen-bond donors (Lipinski definition) is 1. The summed E-state index contributed by atoms with van der Waals surface area (Å²) in [6, 6.07) is 5.87. The number of carbonyl (C=O) groups is 4. The third-order valence-electron chi connectivity index (χ3n) is 8.12. The third kappa shape index (κ3) is 7.63. The lowest BCUT2D eigenvalue weighted by atomic mass is 9.97. The number of nitrogens with one attached hydrogen (secondary N) is 1. The van der Waals surface area contributed by atoms with Gasteiger partial charge in [-0.25, -0.2) is 9.67 Å². The van der Waals surface area contributed by atoms with Crippen LogP contribution in [0, 0.1) is 6.92 Å². The minimum Gasteiger partial charge on any atom is -0.463 e. The Kier molecular flexibility index (Phi) is 9.91. The number of benzene rings is 1. The van der Waals surface area contributed by atoms with Gasteiger partial charge < -0.3 is 47.6 Å². The van der Waals surface area contributed by atoms with Gasteiger partial charge >= 0.3 is 23.9 Å². The quantitative estimate of drug-likeness (QED) is 0.236. The zero-order valence-corrected chi connectivity index (χ0v) is 28.5. The Hall–Kier alpha value is -4.49. The van der Waals surface area contributed by atoms with Crippen molar-refractivity contribution in [2.24, 2.45) is 0 Å². The minimum atomic E-state index is -1.37. The van der Waals surface area contributed by atoms with Crippen LogP contribution in [0.15, 0.2) is 24.4 Å². The molecular formula is C32H39N5O13. The van der Waals surface area contributed by atoms with Crippen molar-refractivity contribution in [2.75, 3.05) is 6.61 Å². The van der Waals surface area contributed by atoms with E-state index in [0.717, 1.165) is 37.4 Å². The molecule has 3 aliphatic heterocycles. The molecule has 0 unspecified atom stereocenters. The van der Waals surface area contributed by atoms with Gasteiger partial charge in [0.25, 0.3) is 0 Å². The first-order valence-corrected chi connectivity index (χ1v) is 16.0. The molecule has 5 heterocycles. The molecular weight excluding hydrogens is 662 g/mol. The molecule has 18 nitrogen and oxygen atoms in total. The van der Waals surface area contributed by atoms with E-state index in [1.54, 1.807) is 13.8 Å². The summed E-state index contributed by atoms with van der Waals surface area (Å²) in [5.74, 6) is -3.24. The van der Waals surface area contributed by atoms with Crippen LogP contribution in [0.25, 0.3) is 11.0 Å². The largest absolute Gasteiger partial charge is 0.463 e. The minimum absolute atomic E-state index is 0.0812. The summed E-state index contributed by atoms with van der Waals surface area (Å²) in [5.41, 5.74) is 3.01. The highest BCUT2D eigenvalue weighted by molar-refractivity contribution is 5.76. The van der Waals surface area contributed by atoms with Crippen molar-refractivity contribution in [1.29, 1.82) is 0 Å². The zero-order valence-electron chi connectivity index (χ0n) is 28.5. The van der Waals surface area contributed by atoms with E-state index in [-0.39, 0.29) is 13.2 Å². The van der Waals surface area contributed by atoms with Crippen molar-refractivity contribution in [3.05, 3.63) is 41.5 Å². The summed E-state index contributed by atoms with van der Waals surface area (Å²) in [6.07, 6.45) is -7.65. The van der Waals surface area contributed by atoms with Crippen LogP contribution in [0.5, 0.6) is 0 Å². The molecule has 6 rings (SSSR count). The molecule has 18 heteroatoms. The van der Waals surface area contributed by atoms with E-state index in [9.17, 15) is 19.2 Å². The number of carbonyl (C=O) groups excluding carboxylic acids is 4. The molecule has 1 N–H and O–H groups in total. The number of hydrogen-bond acceptors (Lipinski definition) is 16. The third-order valence-corrected chi connectivity index (χ3v) is 8.12. The molecule has 0 bridgehead atoms. The molecule has 2 aromatic heterocycles. The molecule has 270 valence electrons. The van der Waals surface area contributed by atoms with E-state index < -0.39 is 84.9 Å². The molecule has 0 aliphatic carbocycles. The summed E-state index contributed by atoms with van der Waals surface area (Å²) < 4.78 is 53.9. The van der Waals surface area contributed by atoms with Gasteiger partial charge in [-0.2, -0.15) is 0 Å². The van der Waals surface area contributed by atoms with Crippen LogP contribution in [0.2, 0.25) is 0 Å². The summed E-state index contributed by atoms with van der Waals surface area (Å²) in [4.78, 5) is 56.3. The molecule has 3 saturated heterocycles. The van der Waals surface area contributed by atoms with Crippen molar-refractivity contribution in [3.63, 3.8) is 0 Å². The van der Waals surface area contributed by atoms with E-state index >= 15 is 0 Å². The molecule has 1 aromatic carbocycles. The van der Waals surface area contributed by atoms with Gasteiger partial charge in [0.05, 0.1) is 23.8 Å². The number of imidazole rings is 1. The van der Waals surface area contributed by atoms with Crippen LogP contribution in [0.3, 0.4) is 0 Å². The van der Waals surface area contributed by atoms with E-state index in [2.05, 4.69) is 15.3 Å². The van der Waals surface area contributed by atoms with Gasteiger partial charge in [-0.1, -0.05) is 11.3 Å². The molecule has 3 aliphatic rings. The normalized spacial score (nSPS) is 30.1. The number of H-pyrrole nitrogens is 1. The van der Waals surface area contributed by atoms with Crippen molar-refractivity contribution < 1.29 is 61.8 Å². The van der Waals surface area contributed by atoms with Crippen molar-refractivity contribution in [1.82, 2.24) is 25.0 Å². The van der Waals surface area contributed by atoms with E-state index in [0.29, 0.717) is 11.5 Å². The molecule has 0 spiro atoms. The second-order valence-corrected chi connectivity index (χ2v) is 12.7. The molecule has 0 amide bonds. The monoisotopic (exact) mass is 701 g/mol. The van der Waals surface area contributed by atoms with Crippen LogP contribution in [-0.4, -0.2) is 104 Å². The zero-order chi connectivity index (χ0) is 35.9. The SMILES string of the molecule is CC(=O)OC[C@H]1O[C@@H](n2cc(CO[C@@H]3[C@H]4OC(C)(C)O[C@H]4O[C@@H]3c3nc4ccc(C)cc4[nH]3)nn2)[C@H](OC(C)=O)[C@@H](OC(C)=O)[C@@H]1OC(C)=O. The molecule has 50 heavy (non-hydrogen) atoms. The number of aromatic amines is 1. The highest BCUT2D eigenvalue weighted by Gasteiger charge is 2.57. The van der Waals surface area contributed by atoms with Crippen LogP contribution < -0.4 is 0 Å². The fourth-order valence-electron chi connectivity index (χ4n) is 6.26. The van der Waals surface area contributed by atoms with Gasteiger partial charge in [-0.05, 0) is 38.5 Å². The number of ether oxygens (including phenoxy) is 9. The Bertz CT molecular complexity index is 1760. The first-order valence-electron chi connectivity index (χ1n) is 16.0. The maximum absolute atomic E-state index is 12.3. The lowest BCUT2D eigenvalue weighted by Crippen LogP contribution is -2.60. The molecule has 3 fully saturated rings. The van der Waals surface area contributed by atoms with Crippen LogP contribution in [0.1, 0.15) is 71.0 Å². The number of esters is 4. The number of fused-ring (bicyclic) bond motifs is 2. The van der Waals surface area contributed by atoms with Gasteiger partial charge in [0, 0.05) is 27.7 Å². The Labute approximate surface area is 285 Å². The van der Waals surface area contributed by atoms with Gasteiger partial charge in [0.15, 0.2) is 36.6 Å². The van der Waals surface area contributed by atoms with Crippen LogP contribution in [-0.2, 0) is 68.4 Å². The number of aromatic nitrogens is 5. The molecule has 9 atom stereocenters. The second kappa shape index (κ2) is 14.0.